The number of halogens is 3. The summed E-state index contributed by atoms with van der Waals surface area (Å²) in [6, 6.07) is 2.70. The number of rotatable bonds is 1. The zero-order valence-electron chi connectivity index (χ0n) is 9.01. The highest BCUT2D eigenvalue weighted by atomic mass is 79.9. The molecule has 4 nitrogen and oxygen atoms in total. The van der Waals surface area contributed by atoms with Crippen LogP contribution in [0.2, 0.25) is 10.0 Å². The van der Waals surface area contributed by atoms with Crippen LogP contribution in [0.15, 0.2) is 21.4 Å². The van der Waals surface area contributed by atoms with Crippen LogP contribution in [0.5, 0.6) is 0 Å². The minimum atomic E-state index is -0.649. The number of fused-ring (bicyclic) bond motifs is 1. The summed E-state index contributed by atoms with van der Waals surface area (Å²) in [5, 5.41) is 0.773. The quantitative estimate of drug-likeness (QED) is 0.633. The van der Waals surface area contributed by atoms with Gasteiger partial charge in [0.25, 0.3) is 0 Å². The van der Waals surface area contributed by atoms with Gasteiger partial charge in [0.15, 0.2) is 5.43 Å². The number of benzene rings is 1. The fourth-order valence-electron chi connectivity index (χ4n) is 1.51. The molecule has 1 aromatic carbocycles. The molecule has 0 unspecified atom stereocenters. The van der Waals surface area contributed by atoms with E-state index in [0.717, 1.165) is 6.07 Å². The van der Waals surface area contributed by atoms with Crippen molar-refractivity contribution in [3.63, 3.8) is 0 Å². The maximum atomic E-state index is 11.9. The van der Waals surface area contributed by atoms with Crippen molar-refractivity contribution in [2.45, 2.75) is 0 Å². The molecule has 2 aromatic rings. The summed E-state index contributed by atoms with van der Waals surface area (Å²) in [4.78, 5) is 26.0. The van der Waals surface area contributed by atoms with E-state index in [9.17, 15) is 9.59 Å². The number of aromatic amines is 1. The first-order valence-corrected chi connectivity index (χ1v) is 6.29. The summed E-state index contributed by atoms with van der Waals surface area (Å²) in [5.74, 6) is -0.649. The second-order valence-electron chi connectivity index (χ2n) is 3.45. The van der Waals surface area contributed by atoms with Gasteiger partial charge in [-0.2, -0.15) is 0 Å². The predicted molar refractivity (Wildman–Crippen MR) is 73.6 cm³/mol. The molecule has 2 rings (SSSR count). The van der Waals surface area contributed by atoms with E-state index in [4.69, 9.17) is 23.2 Å². The van der Waals surface area contributed by atoms with Crippen LogP contribution in [-0.4, -0.2) is 18.1 Å². The van der Waals surface area contributed by atoms with E-state index in [1.54, 1.807) is 6.07 Å². The first-order valence-electron chi connectivity index (χ1n) is 4.74. The highest BCUT2D eigenvalue weighted by Crippen LogP contribution is 2.35. The van der Waals surface area contributed by atoms with Gasteiger partial charge < -0.3 is 9.72 Å². The molecule has 0 atom stereocenters. The predicted octanol–water partition coefficient (Wildman–Crippen LogP) is 3.38. The fraction of sp³-hybridized carbons (Fsp3) is 0.0909. The van der Waals surface area contributed by atoms with Crippen molar-refractivity contribution in [1.29, 1.82) is 0 Å². The number of carbonyl (C=O) groups is 1. The Balaban J connectivity index is 2.88. The van der Waals surface area contributed by atoms with E-state index in [1.165, 1.54) is 7.11 Å². The van der Waals surface area contributed by atoms with Gasteiger partial charge in [-0.3, -0.25) is 4.79 Å². The average molecular weight is 351 g/mol. The minimum absolute atomic E-state index is 0.0234. The number of aromatic nitrogens is 1. The van der Waals surface area contributed by atoms with Crippen molar-refractivity contribution in [3.8, 4) is 0 Å². The highest BCUT2D eigenvalue weighted by molar-refractivity contribution is 9.10. The Kier molecular flexibility index (Phi) is 3.66. The molecule has 0 radical (unpaired) electrons. The summed E-state index contributed by atoms with van der Waals surface area (Å²) in [5.41, 5.74) is -0.0172. The lowest BCUT2D eigenvalue weighted by Crippen LogP contribution is -2.11. The Labute approximate surface area is 120 Å². The average Bonchev–Trinajstić information content (AvgIpc) is 2.36. The molecule has 1 N–H and O–H groups in total. The van der Waals surface area contributed by atoms with E-state index >= 15 is 0 Å². The summed E-state index contributed by atoms with van der Waals surface area (Å²) in [6.45, 7) is 0. The Morgan fingerprint density at radius 2 is 2.00 bits per heavy atom. The summed E-state index contributed by atoms with van der Waals surface area (Å²) >= 11 is 15.2. The van der Waals surface area contributed by atoms with Gasteiger partial charge in [0.05, 0.1) is 22.7 Å². The molecule has 1 heterocycles. The molecular weight excluding hydrogens is 345 g/mol. The Morgan fingerprint density at radius 3 is 2.61 bits per heavy atom. The van der Waals surface area contributed by atoms with Gasteiger partial charge in [-0.05, 0) is 22.0 Å². The second kappa shape index (κ2) is 4.91. The Bertz CT molecular complexity index is 711. The SMILES string of the molecule is COC(=O)c1cc(=O)c2cc(Br)c(Cl)c(Cl)c2[nH]1. The summed E-state index contributed by atoms with van der Waals surface area (Å²) < 4.78 is 5.05. The van der Waals surface area contributed by atoms with Gasteiger partial charge >= 0.3 is 5.97 Å². The van der Waals surface area contributed by atoms with Crippen molar-refractivity contribution in [2.75, 3.05) is 7.11 Å². The summed E-state index contributed by atoms with van der Waals surface area (Å²) in [6.07, 6.45) is 0. The number of pyridine rings is 1. The molecule has 18 heavy (non-hydrogen) atoms. The van der Waals surface area contributed by atoms with Crippen LogP contribution in [-0.2, 0) is 4.74 Å². The van der Waals surface area contributed by atoms with E-state index in [0.29, 0.717) is 15.4 Å². The number of H-pyrrole nitrogens is 1. The molecule has 0 amide bonds. The van der Waals surface area contributed by atoms with Crippen molar-refractivity contribution >= 4 is 56.0 Å². The van der Waals surface area contributed by atoms with Crippen molar-refractivity contribution in [3.05, 3.63) is 42.6 Å². The largest absolute Gasteiger partial charge is 0.464 e. The standard InChI is InChI=1S/C11H6BrCl2NO3/c1-18-11(17)6-3-7(16)4-2-5(12)8(13)9(14)10(4)15-6/h2-3H,1H3,(H,15,16). The third-order valence-corrected chi connectivity index (χ3v) is 4.09. The van der Waals surface area contributed by atoms with Gasteiger partial charge in [0, 0.05) is 15.9 Å². The van der Waals surface area contributed by atoms with Crippen LogP contribution < -0.4 is 5.43 Å². The maximum Gasteiger partial charge on any atom is 0.354 e. The molecule has 0 saturated heterocycles. The smallest absolute Gasteiger partial charge is 0.354 e. The maximum absolute atomic E-state index is 11.9. The minimum Gasteiger partial charge on any atom is -0.464 e. The van der Waals surface area contributed by atoms with Crippen LogP contribution in [0.1, 0.15) is 10.5 Å². The number of methoxy groups -OCH3 is 1. The fourth-order valence-corrected chi connectivity index (χ4v) is 2.45. The van der Waals surface area contributed by atoms with Gasteiger partial charge in [-0.1, -0.05) is 23.2 Å². The number of nitrogens with one attached hydrogen (secondary N) is 1. The number of ether oxygens (including phenoxy) is 1. The number of esters is 1. The molecule has 1 aromatic heterocycles. The van der Waals surface area contributed by atoms with Gasteiger partial charge in [-0.25, -0.2) is 4.79 Å². The lowest BCUT2D eigenvalue weighted by atomic mass is 10.2. The van der Waals surface area contributed by atoms with Crippen molar-refractivity contribution in [1.82, 2.24) is 4.98 Å². The second-order valence-corrected chi connectivity index (χ2v) is 5.06. The third kappa shape index (κ3) is 2.13. The highest BCUT2D eigenvalue weighted by Gasteiger charge is 2.15. The Hall–Kier alpha value is -1.04. The van der Waals surface area contributed by atoms with E-state index < -0.39 is 5.97 Å². The van der Waals surface area contributed by atoms with Crippen LogP contribution >= 0.6 is 39.1 Å². The molecule has 0 spiro atoms. The summed E-state index contributed by atoms with van der Waals surface area (Å²) in [7, 11) is 1.22. The molecular formula is C11H6BrCl2NO3. The first-order chi connectivity index (χ1) is 8.45. The lowest BCUT2D eigenvalue weighted by Gasteiger charge is -2.07. The van der Waals surface area contributed by atoms with Gasteiger partial charge in [-0.15, -0.1) is 0 Å². The number of carbonyl (C=O) groups excluding carboxylic acids is 1. The number of hydrogen-bond acceptors (Lipinski definition) is 3. The van der Waals surface area contributed by atoms with E-state index in [2.05, 4.69) is 25.7 Å². The van der Waals surface area contributed by atoms with Gasteiger partial charge in [0.2, 0.25) is 0 Å². The molecule has 0 fully saturated rings. The molecule has 7 heteroatoms. The van der Waals surface area contributed by atoms with Crippen LogP contribution in [0.25, 0.3) is 10.9 Å². The third-order valence-electron chi connectivity index (χ3n) is 2.37. The molecule has 0 aliphatic carbocycles. The van der Waals surface area contributed by atoms with Crippen molar-refractivity contribution in [2.24, 2.45) is 0 Å². The zero-order valence-corrected chi connectivity index (χ0v) is 12.1. The van der Waals surface area contributed by atoms with Crippen molar-refractivity contribution < 1.29 is 9.53 Å². The molecule has 0 aliphatic rings. The molecule has 0 saturated carbocycles. The Morgan fingerprint density at radius 1 is 1.33 bits per heavy atom. The van der Waals surface area contributed by atoms with Crippen LogP contribution in [0.3, 0.4) is 0 Å². The number of hydrogen-bond donors (Lipinski definition) is 1. The van der Waals surface area contributed by atoms with Crippen LogP contribution in [0.4, 0.5) is 0 Å². The van der Waals surface area contributed by atoms with Gasteiger partial charge in [0.1, 0.15) is 5.69 Å². The monoisotopic (exact) mass is 349 g/mol. The molecule has 94 valence electrons. The first kappa shape index (κ1) is 13.4. The topological polar surface area (TPSA) is 59.2 Å². The van der Waals surface area contributed by atoms with E-state index in [1.807, 2.05) is 0 Å². The van der Waals surface area contributed by atoms with E-state index in [-0.39, 0.29) is 21.2 Å². The molecule has 0 aliphatic heterocycles. The van der Waals surface area contributed by atoms with Crippen LogP contribution in [0, 0.1) is 0 Å². The molecule has 0 bridgehead atoms. The zero-order chi connectivity index (χ0) is 13.4. The lowest BCUT2D eigenvalue weighted by molar-refractivity contribution is 0.0594. The normalized spacial score (nSPS) is 10.7.